The highest BCUT2D eigenvalue weighted by Gasteiger charge is 2.70. The molecule has 1 aromatic carbocycles. The largest absolute Gasteiger partial charge is 0.454 e. The van der Waals surface area contributed by atoms with E-state index in [2.05, 4.69) is 17.0 Å². The Bertz CT molecular complexity index is 677. The normalized spacial score (nSPS) is 46.0. The Kier molecular flexibility index (Phi) is 2.09. The van der Waals surface area contributed by atoms with E-state index in [1.54, 1.807) is 0 Å². The maximum atomic E-state index is 6.12. The molecule has 1 saturated carbocycles. The molecule has 1 aromatic rings. The van der Waals surface area contributed by atoms with Gasteiger partial charge >= 0.3 is 0 Å². The van der Waals surface area contributed by atoms with Gasteiger partial charge in [-0.05, 0) is 42.6 Å². The van der Waals surface area contributed by atoms with Crippen LogP contribution in [0.15, 0.2) is 12.1 Å². The molecule has 5 aliphatic rings. The van der Waals surface area contributed by atoms with Crippen LogP contribution < -0.4 is 9.47 Å². The van der Waals surface area contributed by atoms with Crippen molar-refractivity contribution in [2.75, 3.05) is 20.4 Å². The lowest BCUT2D eigenvalue weighted by Gasteiger charge is -2.46. The molecule has 0 radical (unpaired) electrons. The molecular formula is C17H19NO4. The first kappa shape index (κ1) is 12.2. The van der Waals surface area contributed by atoms with Crippen molar-refractivity contribution in [3.8, 4) is 11.5 Å². The van der Waals surface area contributed by atoms with E-state index >= 15 is 0 Å². The number of methoxy groups -OCH3 is 1. The van der Waals surface area contributed by atoms with Gasteiger partial charge in [-0.25, -0.2) is 0 Å². The van der Waals surface area contributed by atoms with Crippen molar-refractivity contribution in [3.63, 3.8) is 0 Å². The fraction of sp³-hybridized carbons (Fsp3) is 0.647. The number of fused-ring (bicyclic) bond motifs is 3. The summed E-state index contributed by atoms with van der Waals surface area (Å²) < 4.78 is 23.0. The van der Waals surface area contributed by atoms with Gasteiger partial charge in [0.15, 0.2) is 11.5 Å². The summed E-state index contributed by atoms with van der Waals surface area (Å²) in [6.07, 6.45) is 3.09. The third-order valence-electron chi connectivity index (χ3n) is 6.48. The van der Waals surface area contributed by atoms with Crippen LogP contribution in [0.5, 0.6) is 11.5 Å². The van der Waals surface area contributed by atoms with E-state index in [9.17, 15) is 0 Å². The minimum atomic E-state index is 0.133. The van der Waals surface area contributed by atoms with Crippen LogP contribution in [0.2, 0.25) is 0 Å². The highest BCUT2D eigenvalue weighted by atomic mass is 16.7. The molecule has 0 N–H and O–H groups in total. The van der Waals surface area contributed by atoms with Gasteiger partial charge in [-0.3, -0.25) is 4.90 Å². The number of hydrogen-bond acceptors (Lipinski definition) is 5. The third-order valence-corrected chi connectivity index (χ3v) is 6.48. The molecule has 5 nitrogen and oxygen atoms in total. The maximum absolute atomic E-state index is 6.12. The SMILES string of the molecule is CO[C@H]1C[C@@H]2N3CC[C@]2(c2cc4c(cc2C3)OCO4)[C@H]2O[C@@H]12. The second-order valence-corrected chi connectivity index (χ2v) is 7.17. The van der Waals surface area contributed by atoms with Crippen molar-refractivity contribution in [2.45, 2.75) is 49.2 Å². The van der Waals surface area contributed by atoms with E-state index in [-0.39, 0.29) is 17.6 Å². The minimum Gasteiger partial charge on any atom is -0.454 e. The molecule has 5 heteroatoms. The number of hydrogen-bond donors (Lipinski definition) is 0. The van der Waals surface area contributed by atoms with Gasteiger partial charge in [0, 0.05) is 25.1 Å². The van der Waals surface area contributed by atoms with E-state index in [0.717, 1.165) is 31.0 Å². The van der Waals surface area contributed by atoms with Crippen LogP contribution >= 0.6 is 0 Å². The van der Waals surface area contributed by atoms with Crippen molar-refractivity contribution < 1.29 is 18.9 Å². The Morgan fingerprint density at radius 2 is 2.14 bits per heavy atom. The average Bonchev–Trinajstić information content (AvgIpc) is 3.14. The molecule has 6 rings (SSSR count). The first-order valence-corrected chi connectivity index (χ1v) is 8.16. The maximum Gasteiger partial charge on any atom is 0.231 e. The number of nitrogens with zero attached hydrogens (tertiary/aromatic N) is 1. The van der Waals surface area contributed by atoms with Crippen LogP contribution in [0.1, 0.15) is 24.0 Å². The average molecular weight is 301 g/mol. The van der Waals surface area contributed by atoms with Gasteiger partial charge in [0.25, 0.3) is 0 Å². The summed E-state index contributed by atoms with van der Waals surface area (Å²) in [5.74, 6) is 1.80. The van der Waals surface area contributed by atoms with Gasteiger partial charge < -0.3 is 18.9 Å². The molecule has 4 aliphatic heterocycles. The smallest absolute Gasteiger partial charge is 0.231 e. The lowest BCUT2D eigenvalue weighted by molar-refractivity contribution is 0.0251. The summed E-state index contributed by atoms with van der Waals surface area (Å²) in [6, 6.07) is 4.96. The quantitative estimate of drug-likeness (QED) is 0.734. The van der Waals surface area contributed by atoms with Crippen LogP contribution in [0.4, 0.5) is 0 Å². The highest BCUT2D eigenvalue weighted by Crippen LogP contribution is 2.61. The molecule has 6 atom stereocenters. The highest BCUT2D eigenvalue weighted by molar-refractivity contribution is 5.55. The summed E-state index contributed by atoms with van der Waals surface area (Å²) in [6.45, 7) is 2.49. The van der Waals surface area contributed by atoms with Crippen molar-refractivity contribution in [3.05, 3.63) is 23.3 Å². The number of rotatable bonds is 1. The van der Waals surface area contributed by atoms with Gasteiger partial charge in [0.2, 0.25) is 6.79 Å². The summed E-state index contributed by atoms with van der Waals surface area (Å²) in [4.78, 5) is 2.62. The molecule has 1 unspecified atom stereocenters. The van der Waals surface area contributed by atoms with Crippen LogP contribution in [0.3, 0.4) is 0 Å². The lowest BCUT2D eigenvalue weighted by Crippen LogP contribution is -2.56. The predicted octanol–water partition coefficient (Wildman–Crippen LogP) is 1.43. The molecule has 4 heterocycles. The lowest BCUT2D eigenvalue weighted by atomic mass is 9.63. The Hall–Kier alpha value is -1.30. The van der Waals surface area contributed by atoms with E-state index in [1.807, 2.05) is 7.11 Å². The van der Waals surface area contributed by atoms with Crippen LogP contribution in [-0.2, 0) is 21.4 Å². The summed E-state index contributed by atoms with van der Waals surface area (Å²) in [7, 11) is 1.81. The van der Waals surface area contributed by atoms with Crippen molar-refractivity contribution in [2.24, 2.45) is 0 Å². The monoisotopic (exact) mass is 301 g/mol. The van der Waals surface area contributed by atoms with Crippen LogP contribution in [0.25, 0.3) is 0 Å². The van der Waals surface area contributed by atoms with Crippen molar-refractivity contribution >= 4 is 0 Å². The first-order chi connectivity index (χ1) is 10.8. The molecule has 0 aromatic heterocycles. The second-order valence-electron chi connectivity index (χ2n) is 7.17. The Morgan fingerprint density at radius 3 is 3.00 bits per heavy atom. The molecule has 0 spiro atoms. The second kappa shape index (κ2) is 3.78. The minimum absolute atomic E-state index is 0.133. The van der Waals surface area contributed by atoms with Gasteiger partial charge in [-0.1, -0.05) is 0 Å². The summed E-state index contributed by atoms with van der Waals surface area (Å²) in [5, 5.41) is 0. The molecular weight excluding hydrogens is 282 g/mol. The van der Waals surface area contributed by atoms with E-state index in [1.165, 1.54) is 17.5 Å². The molecule has 3 fully saturated rings. The molecule has 2 bridgehead atoms. The predicted molar refractivity (Wildman–Crippen MR) is 77.1 cm³/mol. The molecule has 1 aliphatic carbocycles. The first-order valence-electron chi connectivity index (χ1n) is 8.16. The Morgan fingerprint density at radius 1 is 1.27 bits per heavy atom. The fourth-order valence-electron chi connectivity index (χ4n) is 5.50. The summed E-state index contributed by atoms with van der Waals surface area (Å²) >= 11 is 0. The van der Waals surface area contributed by atoms with Gasteiger partial charge in [-0.2, -0.15) is 0 Å². The van der Waals surface area contributed by atoms with Crippen molar-refractivity contribution in [1.82, 2.24) is 4.90 Å². The van der Waals surface area contributed by atoms with E-state index in [4.69, 9.17) is 18.9 Å². The summed E-state index contributed by atoms with van der Waals surface area (Å²) in [5.41, 5.74) is 2.97. The van der Waals surface area contributed by atoms with Gasteiger partial charge in [0.1, 0.15) is 6.10 Å². The molecule has 116 valence electrons. The Labute approximate surface area is 129 Å². The van der Waals surface area contributed by atoms with Crippen LogP contribution in [0, 0.1) is 0 Å². The standard InChI is InChI=1S/C17H19NO4/c1-19-13-6-14-17(16-15(13)22-16)2-3-18(14)7-9-4-11-12(5-10(9)17)21-8-20-11/h4-5,13-16H,2-3,6-8H2,1H3/t13-,14-,15-,16-,17+/m0/s1. The number of benzene rings is 1. The van der Waals surface area contributed by atoms with Gasteiger partial charge in [0.05, 0.1) is 12.2 Å². The zero-order valence-electron chi connectivity index (χ0n) is 12.6. The third kappa shape index (κ3) is 1.24. The Balaban J connectivity index is 1.54. The zero-order valence-corrected chi connectivity index (χ0v) is 12.6. The molecule has 0 amide bonds. The number of epoxide rings is 1. The van der Waals surface area contributed by atoms with Gasteiger partial charge in [-0.15, -0.1) is 0 Å². The molecule has 22 heavy (non-hydrogen) atoms. The molecule has 2 saturated heterocycles. The fourth-order valence-corrected chi connectivity index (χ4v) is 5.50. The zero-order chi connectivity index (χ0) is 14.5. The number of ether oxygens (including phenoxy) is 4. The topological polar surface area (TPSA) is 43.5 Å². The van der Waals surface area contributed by atoms with Crippen molar-refractivity contribution in [1.29, 1.82) is 0 Å². The van der Waals surface area contributed by atoms with E-state index in [0.29, 0.717) is 18.9 Å². The van der Waals surface area contributed by atoms with E-state index < -0.39 is 0 Å². The van der Waals surface area contributed by atoms with Crippen LogP contribution in [-0.4, -0.2) is 49.7 Å².